The minimum absolute atomic E-state index is 0. The second kappa shape index (κ2) is 31.8. The van der Waals surface area contributed by atoms with Crippen LogP contribution in [0.3, 0.4) is 0 Å². The number of fused-ring (bicyclic) bond motifs is 4. The third kappa shape index (κ3) is 18.6. The van der Waals surface area contributed by atoms with Gasteiger partial charge in [0.05, 0.1) is 0 Å². The molecule has 0 fully saturated rings. The van der Waals surface area contributed by atoms with Gasteiger partial charge in [0, 0.05) is 0 Å². The molecule has 0 amide bonds. The first-order chi connectivity index (χ1) is 35.0. The van der Waals surface area contributed by atoms with Crippen molar-refractivity contribution in [1.82, 2.24) is 0 Å². The van der Waals surface area contributed by atoms with Crippen molar-refractivity contribution >= 4 is 89.0 Å². The molecule has 76 heavy (non-hydrogen) atoms. The molecule has 0 aromatic heterocycles. The fourth-order valence-corrected chi connectivity index (χ4v) is 12.9. The summed E-state index contributed by atoms with van der Waals surface area (Å²) in [4.78, 5) is 0. The summed E-state index contributed by atoms with van der Waals surface area (Å²) in [6.45, 7) is 35.5. The average molecular weight is 1270 g/mol. The van der Waals surface area contributed by atoms with Crippen molar-refractivity contribution in [2.45, 2.75) is 134 Å². The summed E-state index contributed by atoms with van der Waals surface area (Å²) in [5, 5.41) is 15.9. The first kappa shape index (κ1) is 67.4. The summed E-state index contributed by atoms with van der Waals surface area (Å²) < 4.78 is 0. The Kier molecular flexibility index (Phi) is 28.2. The van der Waals surface area contributed by atoms with Crippen LogP contribution >= 0.6 is 23.2 Å². The molecule has 0 saturated carbocycles. The fourth-order valence-electron chi connectivity index (χ4n) is 9.53. The normalized spacial score (nSPS) is 10.7. The van der Waals surface area contributed by atoms with Gasteiger partial charge in [-0.3, -0.25) is 0 Å². The molecule has 0 aliphatic rings. The van der Waals surface area contributed by atoms with Crippen molar-refractivity contribution in [3.05, 3.63) is 222 Å². The number of aryl methyl sites for hydroxylation is 8. The van der Waals surface area contributed by atoms with Crippen LogP contribution in [0.4, 0.5) is 0 Å². The van der Waals surface area contributed by atoms with E-state index in [2.05, 4.69) is 232 Å². The van der Waals surface area contributed by atoms with E-state index in [1.54, 1.807) is 46.7 Å². The van der Waals surface area contributed by atoms with Crippen molar-refractivity contribution in [3.63, 3.8) is 0 Å². The second-order valence-electron chi connectivity index (χ2n) is 21.2. The van der Waals surface area contributed by atoms with Gasteiger partial charge in [-0.15, -0.1) is 136 Å². The van der Waals surface area contributed by atoms with E-state index in [-0.39, 0.29) is 24.8 Å². The van der Waals surface area contributed by atoms with Crippen LogP contribution in [0.2, 0.25) is 10.0 Å². The molecule has 0 bridgehead atoms. The third-order valence-electron chi connectivity index (χ3n) is 13.6. The van der Waals surface area contributed by atoms with Crippen molar-refractivity contribution in [3.8, 4) is 0 Å². The summed E-state index contributed by atoms with van der Waals surface area (Å²) in [5.41, 5.74) is 16.9. The van der Waals surface area contributed by atoms with Gasteiger partial charge in [-0.2, -0.15) is 24.3 Å². The third-order valence-corrected chi connectivity index (χ3v) is 19.6. The number of benzene rings is 6. The van der Waals surface area contributed by atoms with Crippen LogP contribution in [-0.4, -0.2) is 12.3 Å². The van der Waals surface area contributed by atoms with Crippen LogP contribution in [0.25, 0.3) is 43.1 Å². The zero-order valence-corrected chi connectivity index (χ0v) is 57.6. The maximum absolute atomic E-state index is 5.68. The smallest absolute Gasteiger partial charge is 1.00 e. The van der Waals surface area contributed by atoms with Gasteiger partial charge in [-0.05, 0) is 23.7 Å². The molecule has 0 spiro atoms. The van der Waals surface area contributed by atoms with Gasteiger partial charge in [-0.1, -0.05) is 157 Å². The van der Waals surface area contributed by atoms with Crippen molar-refractivity contribution in [2.24, 2.45) is 0 Å². The van der Waals surface area contributed by atoms with Crippen LogP contribution in [-0.2, 0) is 46.7 Å². The van der Waals surface area contributed by atoms with Gasteiger partial charge in [-0.25, -0.2) is 0 Å². The zero-order valence-electron chi connectivity index (χ0n) is 47.7. The van der Waals surface area contributed by atoms with Gasteiger partial charge < -0.3 is 24.8 Å². The molecule has 0 heterocycles. The molecule has 0 unspecified atom stereocenters. The molecule has 10 aromatic rings. The SMILES string of the molecule is Cc1cc2c(C(C)C)ccc(C)c2[cH-]1.Cc1cc2c(C(C)C)ccc(C)c2[cH-]1.Cc1cc2c(C(C)C)ccc(C)c2[cH-]1.Cc1cc2c(C(C)C)ccc(C)c2[cH-]1.Clc1ccc([Si]=[Zr+2])cc1.Clc1ccc([Si]=[Zr+2])cc1.[Cl-].[Cl-]. The zero-order chi connectivity index (χ0) is 54.6. The predicted octanol–water partition coefficient (Wildman–Crippen LogP) is 13.5. The Morgan fingerprint density at radius 1 is 0.329 bits per heavy atom. The van der Waals surface area contributed by atoms with E-state index >= 15 is 0 Å². The Morgan fingerprint density at radius 2 is 0.526 bits per heavy atom. The first-order valence-corrected chi connectivity index (χ1v) is 36.2. The van der Waals surface area contributed by atoms with Crippen molar-refractivity contribution in [2.75, 3.05) is 0 Å². The Morgan fingerprint density at radius 3 is 0.697 bits per heavy atom. The topological polar surface area (TPSA) is 0 Å². The van der Waals surface area contributed by atoms with E-state index in [9.17, 15) is 0 Å². The monoisotopic (exact) mass is 1270 g/mol. The van der Waals surface area contributed by atoms with E-state index in [1.807, 2.05) is 24.3 Å². The fraction of sp³-hybridized carbons (Fsp3) is 0.294. The van der Waals surface area contributed by atoms with E-state index in [1.165, 1.54) is 120 Å². The number of hydrogen-bond acceptors (Lipinski definition) is 0. The quantitative estimate of drug-likeness (QED) is 0.115. The summed E-state index contributed by atoms with van der Waals surface area (Å²) >= 11 is 14.5. The summed E-state index contributed by atoms with van der Waals surface area (Å²) in [5.74, 6) is 2.44. The van der Waals surface area contributed by atoms with Crippen LogP contribution in [0.5, 0.6) is 0 Å². The van der Waals surface area contributed by atoms with Crippen molar-refractivity contribution < 1.29 is 71.5 Å². The molecule has 10 rings (SSSR count). The van der Waals surface area contributed by atoms with Crippen LogP contribution in [0.1, 0.15) is 146 Å². The minimum atomic E-state index is 0. The van der Waals surface area contributed by atoms with Gasteiger partial charge in [0.1, 0.15) is 0 Å². The number of rotatable bonds is 6. The number of hydrogen-bond donors (Lipinski definition) is 0. The molecule has 0 aliphatic carbocycles. The largest absolute Gasteiger partial charge is 1.00 e. The Bertz CT molecular complexity index is 3020. The van der Waals surface area contributed by atoms with Gasteiger partial charge >= 0.3 is 151 Å². The Hall–Kier alpha value is -2.88. The molecule has 10 aromatic carbocycles. The molecular formula is C68H76Cl4Si2Zr2-2. The van der Waals surface area contributed by atoms with Gasteiger partial charge in [0.15, 0.2) is 0 Å². The van der Waals surface area contributed by atoms with Crippen LogP contribution < -0.4 is 35.2 Å². The molecule has 0 nitrogen and oxygen atoms in total. The van der Waals surface area contributed by atoms with E-state index in [0.29, 0.717) is 23.7 Å². The van der Waals surface area contributed by atoms with E-state index in [0.717, 1.165) is 22.4 Å². The maximum Gasteiger partial charge on any atom is -1.00 e. The second-order valence-corrected chi connectivity index (χ2v) is 27.4. The number of halogens is 4. The van der Waals surface area contributed by atoms with Gasteiger partial charge in [0.25, 0.3) is 0 Å². The average Bonchev–Trinajstić information content (AvgIpc) is 4.16. The summed E-state index contributed by atoms with van der Waals surface area (Å²) in [6, 6.07) is 52.4. The molecule has 0 atom stereocenters. The summed E-state index contributed by atoms with van der Waals surface area (Å²) in [7, 11) is 0. The molecular weight excluding hydrogens is 1200 g/mol. The predicted molar refractivity (Wildman–Crippen MR) is 326 cm³/mol. The first-order valence-electron chi connectivity index (χ1n) is 26.1. The molecule has 8 heteroatoms. The maximum atomic E-state index is 5.68. The van der Waals surface area contributed by atoms with Crippen LogP contribution in [0.15, 0.2) is 146 Å². The Labute approximate surface area is 512 Å². The van der Waals surface area contributed by atoms with Crippen LogP contribution in [0, 0.1) is 55.4 Å². The Balaban J connectivity index is 0.000000241. The molecule has 0 N–H and O–H groups in total. The summed E-state index contributed by atoms with van der Waals surface area (Å²) in [6.07, 6.45) is 1.92. The molecule has 0 saturated heterocycles. The molecule has 0 aliphatic heterocycles. The standard InChI is InChI=1S/4C14H17.2C6H4ClSi.2ClH.2Zr/c4*1-9(2)12-6-5-11(4)13-7-10(3)8-14(12)13;2*7-5-1-3-6(8)4-2-5;;;;/h4*5-9H,1-4H3;2*1-4H;2*1H;;/q4*-1;;;;;2*+2/p-2. The minimum Gasteiger partial charge on any atom is -1.00 e. The van der Waals surface area contributed by atoms with E-state index in [4.69, 9.17) is 23.2 Å². The molecule has 394 valence electrons. The van der Waals surface area contributed by atoms with Crippen molar-refractivity contribution in [1.29, 1.82) is 0 Å². The molecule has 2 radical (unpaired) electrons. The van der Waals surface area contributed by atoms with E-state index < -0.39 is 0 Å². The van der Waals surface area contributed by atoms with Gasteiger partial charge in [0.2, 0.25) is 0 Å².